The quantitative estimate of drug-likeness (QED) is 0.841. The predicted molar refractivity (Wildman–Crippen MR) is 75.4 cm³/mol. The molecule has 0 fully saturated rings. The first kappa shape index (κ1) is 13.4. The molecule has 0 aliphatic rings. The summed E-state index contributed by atoms with van der Waals surface area (Å²) >= 11 is 0. The van der Waals surface area contributed by atoms with Gasteiger partial charge in [-0.1, -0.05) is 6.07 Å². The summed E-state index contributed by atoms with van der Waals surface area (Å²) in [5, 5.41) is 0. The van der Waals surface area contributed by atoms with Gasteiger partial charge in [-0.05, 0) is 43.7 Å². The molecule has 0 saturated heterocycles. The number of benzene rings is 1. The van der Waals surface area contributed by atoms with Crippen molar-refractivity contribution in [2.24, 2.45) is 0 Å². The topological polar surface area (TPSA) is 85.1 Å². The Labute approximate surface area is 112 Å². The molecule has 0 spiro atoms. The fraction of sp³-hybridized carbons (Fsp3) is 0.154. The van der Waals surface area contributed by atoms with Crippen molar-refractivity contribution >= 4 is 21.4 Å². The van der Waals surface area contributed by atoms with Gasteiger partial charge in [-0.3, -0.25) is 9.71 Å². The summed E-state index contributed by atoms with van der Waals surface area (Å²) in [4.78, 5) is 4.20. The van der Waals surface area contributed by atoms with Gasteiger partial charge in [0, 0.05) is 17.6 Å². The van der Waals surface area contributed by atoms with Gasteiger partial charge >= 0.3 is 0 Å². The van der Waals surface area contributed by atoms with Gasteiger partial charge in [0.2, 0.25) is 0 Å². The van der Waals surface area contributed by atoms with Gasteiger partial charge < -0.3 is 5.73 Å². The molecule has 19 heavy (non-hydrogen) atoms. The Bertz CT molecular complexity index is 712. The van der Waals surface area contributed by atoms with E-state index in [1.165, 1.54) is 6.07 Å². The molecule has 5 nitrogen and oxygen atoms in total. The van der Waals surface area contributed by atoms with Crippen LogP contribution in [0, 0.1) is 13.8 Å². The van der Waals surface area contributed by atoms with Crippen LogP contribution in [0.25, 0.3) is 0 Å². The smallest absolute Gasteiger partial charge is 0.262 e. The number of rotatable bonds is 3. The van der Waals surface area contributed by atoms with Crippen molar-refractivity contribution in [3.05, 3.63) is 47.8 Å². The molecular weight excluding hydrogens is 262 g/mol. The molecule has 0 aliphatic heterocycles. The summed E-state index contributed by atoms with van der Waals surface area (Å²) in [6.07, 6.45) is 1.55. The lowest BCUT2D eigenvalue weighted by molar-refractivity contribution is 0.600. The molecule has 3 N–H and O–H groups in total. The van der Waals surface area contributed by atoms with E-state index < -0.39 is 10.0 Å². The molecule has 0 bridgehead atoms. The molecular formula is C13H15N3O2S. The third-order valence-corrected chi connectivity index (χ3v) is 4.17. The number of nitrogens with zero attached hydrogens (tertiary/aromatic N) is 1. The molecule has 1 heterocycles. The van der Waals surface area contributed by atoms with Gasteiger partial charge in [-0.15, -0.1) is 0 Å². The van der Waals surface area contributed by atoms with Crippen LogP contribution >= 0.6 is 0 Å². The van der Waals surface area contributed by atoms with Gasteiger partial charge in [0.1, 0.15) is 0 Å². The van der Waals surface area contributed by atoms with E-state index in [9.17, 15) is 8.42 Å². The Balaban J connectivity index is 2.40. The van der Waals surface area contributed by atoms with Gasteiger partial charge in [0.05, 0.1) is 10.6 Å². The van der Waals surface area contributed by atoms with Crippen molar-refractivity contribution < 1.29 is 8.42 Å². The van der Waals surface area contributed by atoms with Crippen LogP contribution in [0.3, 0.4) is 0 Å². The molecule has 0 unspecified atom stereocenters. The number of pyridine rings is 1. The highest BCUT2D eigenvalue weighted by Gasteiger charge is 2.17. The molecule has 1 aromatic carbocycles. The number of nitrogens with two attached hydrogens (primary N) is 1. The highest BCUT2D eigenvalue weighted by Crippen LogP contribution is 2.21. The van der Waals surface area contributed by atoms with E-state index in [0.717, 1.165) is 5.69 Å². The molecule has 0 saturated carbocycles. The first-order valence-corrected chi connectivity index (χ1v) is 7.18. The molecule has 6 heteroatoms. The van der Waals surface area contributed by atoms with E-state index in [1.807, 2.05) is 0 Å². The molecule has 0 atom stereocenters. The third kappa shape index (κ3) is 3.03. The predicted octanol–water partition coefficient (Wildman–Crippen LogP) is 2.08. The van der Waals surface area contributed by atoms with E-state index in [-0.39, 0.29) is 4.90 Å². The normalized spacial score (nSPS) is 11.3. The average molecular weight is 277 g/mol. The van der Waals surface area contributed by atoms with Crippen LogP contribution in [-0.4, -0.2) is 13.4 Å². The average Bonchev–Trinajstić information content (AvgIpc) is 2.31. The minimum Gasteiger partial charge on any atom is -0.399 e. The summed E-state index contributed by atoms with van der Waals surface area (Å²) in [6.45, 7) is 3.52. The van der Waals surface area contributed by atoms with E-state index in [4.69, 9.17) is 5.73 Å². The maximum absolute atomic E-state index is 12.3. The SMILES string of the molecule is Cc1cc(NS(=O)(=O)c2cc(N)ccc2C)ccn1. The maximum atomic E-state index is 12.3. The zero-order valence-corrected chi connectivity index (χ0v) is 11.5. The highest BCUT2D eigenvalue weighted by molar-refractivity contribution is 7.92. The molecule has 1 aromatic heterocycles. The highest BCUT2D eigenvalue weighted by atomic mass is 32.2. The first-order valence-electron chi connectivity index (χ1n) is 5.70. The molecule has 0 aliphatic carbocycles. The maximum Gasteiger partial charge on any atom is 0.262 e. The summed E-state index contributed by atoms with van der Waals surface area (Å²) in [6, 6.07) is 8.07. The van der Waals surface area contributed by atoms with Crippen LogP contribution in [0.1, 0.15) is 11.3 Å². The van der Waals surface area contributed by atoms with E-state index in [0.29, 0.717) is 16.9 Å². The number of hydrogen-bond acceptors (Lipinski definition) is 4. The zero-order valence-electron chi connectivity index (χ0n) is 10.7. The van der Waals surface area contributed by atoms with Gasteiger partial charge in [-0.2, -0.15) is 0 Å². The van der Waals surface area contributed by atoms with Crippen molar-refractivity contribution in [2.45, 2.75) is 18.7 Å². The van der Waals surface area contributed by atoms with Crippen LogP contribution in [0.5, 0.6) is 0 Å². The van der Waals surface area contributed by atoms with Crippen molar-refractivity contribution in [1.82, 2.24) is 4.98 Å². The van der Waals surface area contributed by atoms with Crippen LogP contribution in [0.2, 0.25) is 0 Å². The van der Waals surface area contributed by atoms with Crippen LogP contribution in [0.4, 0.5) is 11.4 Å². The Hall–Kier alpha value is -2.08. The minimum absolute atomic E-state index is 0.182. The molecule has 100 valence electrons. The monoisotopic (exact) mass is 277 g/mol. The van der Waals surface area contributed by atoms with E-state index in [2.05, 4.69) is 9.71 Å². The van der Waals surface area contributed by atoms with Crippen LogP contribution in [-0.2, 0) is 10.0 Å². The van der Waals surface area contributed by atoms with Crippen LogP contribution in [0.15, 0.2) is 41.4 Å². The largest absolute Gasteiger partial charge is 0.399 e. The van der Waals surface area contributed by atoms with E-state index >= 15 is 0 Å². The number of sulfonamides is 1. The second-order valence-electron chi connectivity index (χ2n) is 4.32. The third-order valence-electron chi connectivity index (χ3n) is 2.65. The lowest BCUT2D eigenvalue weighted by Gasteiger charge is -2.11. The summed E-state index contributed by atoms with van der Waals surface area (Å²) in [7, 11) is -3.64. The van der Waals surface area contributed by atoms with Crippen molar-refractivity contribution in [3.8, 4) is 0 Å². The van der Waals surface area contributed by atoms with Crippen molar-refractivity contribution in [2.75, 3.05) is 10.5 Å². The molecule has 2 aromatic rings. The summed E-state index contributed by atoms with van der Waals surface area (Å²) < 4.78 is 27.1. The minimum atomic E-state index is -3.64. The standard InChI is InChI=1S/C13H15N3O2S/c1-9-3-4-11(14)8-13(9)19(17,18)16-12-5-6-15-10(2)7-12/h3-8H,14H2,1-2H3,(H,15,16). The van der Waals surface area contributed by atoms with Crippen molar-refractivity contribution in [1.29, 1.82) is 0 Å². The number of anilines is 2. The number of nitrogen functional groups attached to an aromatic ring is 1. The fourth-order valence-electron chi connectivity index (χ4n) is 1.73. The van der Waals surface area contributed by atoms with Crippen molar-refractivity contribution in [3.63, 3.8) is 0 Å². The Morgan fingerprint density at radius 1 is 1.16 bits per heavy atom. The van der Waals surface area contributed by atoms with Crippen LogP contribution < -0.4 is 10.5 Å². The second kappa shape index (κ2) is 4.89. The van der Waals surface area contributed by atoms with Gasteiger partial charge in [-0.25, -0.2) is 8.42 Å². The number of nitrogens with one attached hydrogen (secondary N) is 1. The number of hydrogen-bond donors (Lipinski definition) is 2. The Morgan fingerprint density at radius 2 is 1.89 bits per heavy atom. The Morgan fingerprint density at radius 3 is 2.58 bits per heavy atom. The summed E-state index contributed by atoms with van der Waals surface area (Å²) in [5.74, 6) is 0. The zero-order chi connectivity index (χ0) is 14.0. The lowest BCUT2D eigenvalue weighted by Crippen LogP contribution is -2.14. The summed E-state index contributed by atoms with van der Waals surface area (Å²) in [5.41, 5.74) is 7.92. The number of aromatic nitrogens is 1. The Kier molecular flexibility index (Phi) is 3.44. The lowest BCUT2D eigenvalue weighted by atomic mass is 10.2. The molecule has 2 rings (SSSR count). The van der Waals surface area contributed by atoms with E-state index in [1.54, 1.807) is 44.3 Å². The molecule has 0 radical (unpaired) electrons. The van der Waals surface area contributed by atoms with Gasteiger partial charge in [0.25, 0.3) is 10.0 Å². The van der Waals surface area contributed by atoms with Gasteiger partial charge in [0.15, 0.2) is 0 Å². The second-order valence-corrected chi connectivity index (χ2v) is 5.97. The fourth-order valence-corrected chi connectivity index (χ4v) is 3.06. The first-order chi connectivity index (χ1) is 8.88. The molecule has 0 amide bonds. The number of aryl methyl sites for hydroxylation is 2.